The van der Waals surface area contributed by atoms with Crippen LogP contribution in [0.1, 0.15) is 0 Å². The molecule has 2 nitrogen and oxygen atoms in total. The second-order valence-corrected chi connectivity index (χ2v) is 2.33. The molecule has 0 bridgehead atoms. The quantitative estimate of drug-likeness (QED) is 0.617. The number of amides is 1. The Labute approximate surface area is 72.0 Å². The lowest BCUT2D eigenvalue weighted by Gasteiger charge is -1.98. The highest BCUT2D eigenvalue weighted by atomic mass is 16.1. The molecule has 0 aromatic rings. The van der Waals surface area contributed by atoms with Gasteiger partial charge >= 0.3 is 0 Å². The first-order valence-electron chi connectivity index (χ1n) is 3.78. The molecular formula is C10H11NO. The van der Waals surface area contributed by atoms with Crippen molar-refractivity contribution in [1.29, 1.82) is 0 Å². The van der Waals surface area contributed by atoms with E-state index in [0.29, 0.717) is 5.57 Å². The maximum atomic E-state index is 11.1. The van der Waals surface area contributed by atoms with E-state index < -0.39 is 0 Å². The molecular weight excluding hydrogens is 150 g/mol. The third-order valence-corrected chi connectivity index (χ3v) is 1.49. The van der Waals surface area contributed by atoms with Crippen LogP contribution in [0.2, 0.25) is 0 Å². The first-order valence-corrected chi connectivity index (χ1v) is 3.78. The standard InChI is InChI=1S/C10H11NO/c1-11-10(12)9-7-5-3-2-4-6-8-9/h2-8H,1H3,(H,11,12). The maximum absolute atomic E-state index is 11.1. The Kier molecular flexibility index (Phi) is 3.08. The number of hydrogen-bond acceptors (Lipinski definition) is 1. The molecule has 0 radical (unpaired) electrons. The van der Waals surface area contributed by atoms with Crippen LogP contribution in [0.5, 0.6) is 0 Å². The fourth-order valence-electron chi connectivity index (χ4n) is 0.862. The van der Waals surface area contributed by atoms with Gasteiger partial charge in [0.15, 0.2) is 0 Å². The number of carbonyl (C=O) groups is 1. The number of hydrogen-bond donors (Lipinski definition) is 1. The highest BCUT2D eigenvalue weighted by Gasteiger charge is 2.00. The molecule has 0 aromatic heterocycles. The van der Waals surface area contributed by atoms with E-state index in [1.165, 1.54) is 0 Å². The van der Waals surface area contributed by atoms with Gasteiger partial charge in [0.2, 0.25) is 0 Å². The van der Waals surface area contributed by atoms with Crippen LogP contribution in [-0.2, 0) is 4.79 Å². The Hall–Kier alpha value is -1.57. The lowest BCUT2D eigenvalue weighted by Crippen LogP contribution is -2.18. The molecule has 1 N–H and O–H groups in total. The van der Waals surface area contributed by atoms with E-state index in [0.717, 1.165) is 0 Å². The summed E-state index contributed by atoms with van der Waals surface area (Å²) in [5.41, 5.74) is 0.665. The summed E-state index contributed by atoms with van der Waals surface area (Å²) in [6.07, 6.45) is 12.9. The lowest BCUT2D eigenvalue weighted by atomic mass is 10.2. The summed E-state index contributed by atoms with van der Waals surface area (Å²) in [4.78, 5) is 11.1. The van der Waals surface area contributed by atoms with Crippen LogP contribution in [0.25, 0.3) is 0 Å². The van der Waals surface area contributed by atoms with Gasteiger partial charge in [-0.3, -0.25) is 4.79 Å². The molecule has 1 aliphatic rings. The zero-order chi connectivity index (χ0) is 8.81. The van der Waals surface area contributed by atoms with Crippen molar-refractivity contribution in [2.45, 2.75) is 0 Å². The topological polar surface area (TPSA) is 29.1 Å². The Morgan fingerprint density at radius 2 is 1.83 bits per heavy atom. The Morgan fingerprint density at radius 1 is 1.17 bits per heavy atom. The van der Waals surface area contributed by atoms with Crippen LogP contribution in [0.3, 0.4) is 0 Å². The van der Waals surface area contributed by atoms with Crippen molar-refractivity contribution in [2.24, 2.45) is 0 Å². The lowest BCUT2D eigenvalue weighted by molar-refractivity contribution is -0.116. The summed E-state index contributed by atoms with van der Waals surface area (Å²) in [6.45, 7) is 0. The van der Waals surface area contributed by atoms with Gasteiger partial charge in [0, 0.05) is 12.6 Å². The summed E-state index contributed by atoms with van der Waals surface area (Å²) < 4.78 is 0. The normalized spacial score (nSPS) is 14.9. The minimum atomic E-state index is -0.0637. The van der Waals surface area contributed by atoms with Gasteiger partial charge in [0.1, 0.15) is 0 Å². The van der Waals surface area contributed by atoms with Gasteiger partial charge in [-0.2, -0.15) is 0 Å². The summed E-state index contributed by atoms with van der Waals surface area (Å²) in [6, 6.07) is 0. The number of nitrogens with one attached hydrogen (secondary N) is 1. The molecule has 1 rings (SSSR count). The molecule has 0 unspecified atom stereocenters. The SMILES string of the molecule is CNC(=O)C1=CC=CC=CC=C1. The molecule has 0 spiro atoms. The largest absolute Gasteiger partial charge is 0.355 e. The van der Waals surface area contributed by atoms with Crippen molar-refractivity contribution in [3.8, 4) is 0 Å². The predicted molar refractivity (Wildman–Crippen MR) is 49.6 cm³/mol. The zero-order valence-electron chi connectivity index (χ0n) is 6.95. The van der Waals surface area contributed by atoms with Gasteiger partial charge in [0.25, 0.3) is 5.91 Å². The summed E-state index contributed by atoms with van der Waals surface area (Å²) in [5.74, 6) is -0.0637. The summed E-state index contributed by atoms with van der Waals surface area (Å²) in [5, 5.41) is 2.57. The monoisotopic (exact) mass is 161 g/mol. The molecule has 0 saturated carbocycles. The van der Waals surface area contributed by atoms with E-state index in [-0.39, 0.29) is 5.91 Å². The summed E-state index contributed by atoms with van der Waals surface area (Å²) >= 11 is 0. The van der Waals surface area contributed by atoms with Gasteiger partial charge in [-0.05, 0) is 12.2 Å². The fraction of sp³-hybridized carbons (Fsp3) is 0.100. The first kappa shape index (κ1) is 8.53. The molecule has 0 aromatic carbocycles. The third kappa shape index (κ3) is 2.23. The van der Waals surface area contributed by atoms with Crippen LogP contribution in [0.15, 0.2) is 48.1 Å². The van der Waals surface area contributed by atoms with Crippen LogP contribution >= 0.6 is 0 Å². The molecule has 1 aliphatic carbocycles. The van der Waals surface area contributed by atoms with E-state index in [4.69, 9.17) is 0 Å². The second kappa shape index (κ2) is 4.34. The molecule has 0 saturated heterocycles. The average Bonchev–Trinajstić information content (AvgIpc) is 2.02. The van der Waals surface area contributed by atoms with Crippen molar-refractivity contribution < 1.29 is 4.79 Å². The highest BCUT2D eigenvalue weighted by molar-refractivity contribution is 5.96. The molecule has 0 aliphatic heterocycles. The molecule has 0 heterocycles. The van der Waals surface area contributed by atoms with Crippen molar-refractivity contribution in [3.05, 3.63) is 48.1 Å². The van der Waals surface area contributed by atoms with E-state index in [9.17, 15) is 4.79 Å². The van der Waals surface area contributed by atoms with Gasteiger partial charge in [-0.1, -0.05) is 30.4 Å². The van der Waals surface area contributed by atoms with Crippen molar-refractivity contribution in [3.63, 3.8) is 0 Å². The Morgan fingerprint density at radius 3 is 2.58 bits per heavy atom. The first-order chi connectivity index (χ1) is 5.84. The molecule has 62 valence electrons. The molecule has 2 heteroatoms. The minimum Gasteiger partial charge on any atom is -0.355 e. The highest BCUT2D eigenvalue weighted by Crippen LogP contribution is 2.00. The van der Waals surface area contributed by atoms with Crippen LogP contribution in [-0.4, -0.2) is 13.0 Å². The van der Waals surface area contributed by atoms with E-state index >= 15 is 0 Å². The van der Waals surface area contributed by atoms with E-state index in [2.05, 4.69) is 5.32 Å². The Bertz CT molecular complexity index is 282. The van der Waals surface area contributed by atoms with E-state index in [1.54, 1.807) is 19.2 Å². The number of carbonyl (C=O) groups excluding carboxylic acids is 1. The number of likely N-dealkylation sites (N-methyl/N-ethyl adjacent to an activating group) is 1. The molecule has 0 fully saturated rings. The van der Waals surface area contributed by atoms with Crippen molar-refractivity contribution in [1.82, 2.24) is 5.32 Å². The van der Waals surface area contributed by atoms with Crippen LogP contribution in [0, 0.1) is 0 Å². The Balaban J connectivity index is 2.82. The minimum absolute atomic E-state index is 0.0637. The number of allylic oxidation sites excluding steroid dienone is 6. The van der Waals surface area contributed by atoms with Crippen molar-refractivity contribution >= 4 is 5.91 Å². The maximum Gasteiger partial charge on any atom is 0.251 e. The zero-order valence-corrected chi connectivity index (χ0v) is 6.95. The van der Waals surface area contributed by atoms with E-state index in [1.807, 2.05) is 30.4 Å². The van der Waals surface area contributed by atoms with Gasteiger partial charge in [-0.25, -0.2) is 0 Å². The number of rotatable bonds is 1. The predicted octanol–water partition coefficient (Wildman–Crippen LogP) is 1.34. The van der Waals surface area contributed by atoms with Crippen LogP contribution in [0.4, 0.5) is 0 Å². The van der Waals surface area contributed by atoms with Gasteiger partial charge in [-0.15, -0.1) is 0 Å². The molecule has 0 atom stereocenters. The van der Waals surface area contributed by atoms with Gasteiger partial charge in [0.05, 0.1) is 0 Å². The third-order valence-electron chi connectivity index (χ3n) is 1.49. The fourth-order valence-corrected chi connectivity index (χ4v) is 0.862. The van der Waals surface area contributed by atoms with Crippen LogP contribution < -0.4 is 5.32 Å². The average molecular weight is 161 g/mol. The molecule has 12 heavy (non-hydrogen) atoms. The van der Waals surface area contributed by atoms with Gasteiger partial charge < -0.3 is 5.32 Å². The van der Waals surface area contributed by atoms with Crippen molar-refractivity contribution in [2.75, 3.05) is 7.05 Å². The second-order valence-electron chi connectivity index (χ2n) is 2.33. The molecule has 1 amide bonds. The smallest absolute Gasteiger partial charge is 0.251 e. The summed E-state index contributed by atoms with van der Waals surface area (Å²) in [7, 11) is 1.62.